The molecule has 0 atom stereocenters. The van der Waals surface area contributed by atoms with Crippen LogP contribution >= 0.6 is 0 Å². The van der Waals surface area contributed by atoms with Gasteiger partial charge in [0.2, 0.25) is 0 Å². The van der Waals surface area contributed by atoms with Gasteiger partial charge < -0.3 is 14.5 Å². The largest absolute Gasteiger partial charge is 0.457 e. The molecule has 44 heavy (non-hydrogen) atoms. The van der Waals surface area contributed by atoms with Crippen LogP contribution in [0.25, 0.3) is 44.4 Å². The fraction of sp³-hybridized carbons (Fsp3) is 0.135. The van der Waals surface area contributed by atoms with Gasteiger partial charge in [-0.15, -0.1) is 5.10 Å². The molecule has 0 amide bonds. The number of fused-ring (bicyclic) bond motifs is 3. The minimum absolute atomic E-state index is 0.728. The molecular weight excluding hydrogens is 544 g/mol. The molecule has 218 valence electrons. The molecule has 3 heterocycles. The van der Waals surface area contributed by atoms with E-state index in [1.165, 1.54) is 5.39 Å². The first kappa shape index (κ1) is 27.3. The molecule has 0 spiro atoms. The number of hydrogen-bond donors (Lipinski definition) is 0. The Balaban J connectivity index is 1.32. The van der Waals surface area contributed by atoms with E-state index in [4.69, 9.17) is 14.8 Å². The summed E-state index contributed by atoms with van der Waals surface area (Å²) in [5.74, 6) is 4.25. The lowest BCUT2D eigenvalue weighted by atomic mass is 10.1. The first-order valence-corrected chi connectivity index (χ1v) is 14.7. The zero-order valence-electron chi connectivity index (χ0n) is 25.6. The first-order chi connectivity index (χ1) is 21.4. The lowest BCUT2D eigenvalue weighted by Gasteiger charge is -2.18. The Morgan fingerprint density at radius 3 is 2.18 bits per heavy atom. The van der Waals surface area contributed by atoms with Crippen molar-refractivity contribution in [3.8, 4) is 34.1 Å². The molecule has 0 aliphatic rings. The molecule has 7 rings (SSSR count). The molecule has 3 aromatic heterocycles. The van der Waals surface area contributed by atoms with Crippen molar-refractivity contribution in [3.63, 3.8) is 0 Å². The standard InChI is InChI=1S/C37H34N6O/c1-25-20-21-38-34(22-25)42-32-17-10-9-16-30(32)31-19-18-29(24-33(31)42)44-28-15-11-14-27(23-28)43-37(41(4)5)35(36(39-43)40(2)3)26-12-7-6-8-13-26/h6-24H,1-5H3. The van der Waals surface area contributed by atoms with E-state index in [0.29, 0.717) is 0 Å². The van der Waals surface area contributed by atoms with Gasteiger partial charge in [0.25, 0.3) is 0 Å². The second-order valence-corrected chi connectivity index (χ2v) is 11.4. The van der Waals surface area contributed by atoms with Gasteiger partial charge in [-0.05, 0) is 60.5 Å². The highest BCUT2D eigenvalue weighted by Gasteiger charge is 2.23. The van der Waals surface area contributed by atoms with Gasteiger partial charge in [-0.2, -0.15) is 0 Å². The number of benzene rings is 4. The molecule has 0 fully saturated rings. The number of ether oxygens (including phenoxy) is 1. The Labute approximate surface area is 257 Å². The number of aromatic nitrogens is 4. The third-order valence-corrected chi connectivity index (χ3v) is 7.83. The second kappa shape index (κ2) is 10.9. The third kappa shape index (κ3) is 4.72. The average Bonchev–Trinajstić information content (AvgIpc) is 3.59. The fourth-order valence-corrected chi connectivity index (χ4v) is 5.89. The molecule has 0 aliphatic heterocycles. The molecule has 0 saturated carbocycles. The van der Waals surface area contributed by atoms with Crippen molar-refractivity contribution in [1.29, 1.82) is 0 Å². The summed E-state index contributed by atoms with van der Waals surface area (Å²) >= 11 is 0. The molecule has 7 aromatic rings. The summed E-state index contributed by atoms with van der Waals surface area (Å²) in [6, 6.07) is 37.3. The number of nitrogens with zero attached hydrogens (tertiary/aromatic N) is 6. The molecule has 0 bridgehead atoms. The summed E-state index contributed by atoms with van der Waals surface area (Å²) in [6.45, 7) is 2.09. The highest BCUT2D eigenvalue weighted by Crippen LogP contribution is 2.40. The normalized spacial score (nSPS) is 11.3. The summed E-state index contributed by atoms with van der Waals surface area (Å²) in [6.07, 6.45) is 1.86. The molecule has 0 aliphatic carbocycles. The van der Waals surface area contributed by atoms with Gasteiger partial charge in [0.15, 0.2) is 5.82 Å². The molecule has 0 N–H and O–H groups in total. The van der Waals surface area contributed by atoms with Gasteiger partial charge in [0.1, 0.15) is 23.1 Å². The monoisotopic (exact) mass is 578 g/mol. The van der Waals surface area contributed by atoms with Crippen molar-refractivity contribution in [2.75, 3.05) is 38.0 Å². The number of rotatable bonds is 7. The summed E-state index contributed by atoms with van der Waals surface area (Å²) in [4.78, 5) is 8.88. The van der Waals surface area contributed by atoms with Gasteiger partial charge in [-0.3, -0.25) is 4.57 Å². The van der Waals surface area contributed by atoms with Gasteiger partial charge in [0.05, 0.1) is 22.3 Å². The van der Waals surface area contributed by atoms with Crippen LogP contribution in [0.5, 0.6) is 11.5 Å². The van der Waals surface area contributed by atoms with E-state index in [1.807, 2.05) is 61.4 Å². The van der Waals surface area contributed by atoms with Crippen LogP contribution in [-0.2, 0) is 0 Å². The van der Waals surface area contributed by atoms with Crippen molar-refractivity contribution in [2.24, 2.45) is 0 Å². The molecular formula is C37H34N6O. The molecule has 0 radical (unpaired) electrons. The third-order valence-electron chi connectivity index (χ3n) is 7.83. The Bertz CT molecular complexity index is 2120. The molecule has 7 nitrogen and oxygen atoms in total. The number of aryl methyl sites for hydroxylation is 1. The second-order valence-electron chi connectivity index (χ2n) is 11.4. The maximum Gasteiger partial charge on any atom is 0.160 e. The first-order valence-electron chi connectivity index (χ1n) is 14.7. The quantitative estimate of drug-likeness (QED) is 0.191. The predicted octanol–water partition coefficient (Wildman–Crippen LogP) is 8.26. The maximum atomic E-state index is 6.53. The van der Waals surface area contributed by atoms with Crippen LogP contribution in [0.3, 0.4) is 0 Å². The van der Waals surface area contributed by atoms with Crippen molar-refractivity contribution in [3.05, 3.63) is 121 Å². The topological polar surface area (TPSA) is 51.4 Å². The number of para-hydroxylation sites is 1. The lowest BCUT2D eigenvalue weighted by Crippen LogP contribution is -2.15. The van der Waals surface area contributed by atoms with Gasteiger partial charge in [0, 0.05) is 57.3 Å². The molecule has 7 heteroatoms. The van der Waals surface area contributed by atoms with Crippen LogP contribution in [0.1, 0.15) is 5.56 Å². The zero-order chi connectivity index (χ0) is 30.4. The van der Waals surface area contributed by atoms with Gasteiger partial charge in [-0.25, -0.2) is 9.67 Å². The summed E-state index contributed by atoms with van der Waals surface area (Å²) in [5.41, 5.74) is 6.42. The van der Waals surface area contributed by atoms with Crippen LogP contribution in [0.15, 0.2) is 115 Å². The van der Waals surface area contributed by atoms with Crippen LogP contribution in [0.2, 0.25) is 0 Å². The fourth-order valence-electron chi connectivity index (χ4n) is 5.89. The average molecular weight is 579 g/mol. The van der Waals surface area contributed by atoms with E-state index in [0.717, 1.165) is 67.7 Å². The van der Waals surface area contributed by atoms with Crippen molar-refractivity contribution in [1.82, 2.24) is 19.3 Å². The van der Waals surface area contributed by atoms with E-state index in [-0.39, 0.29) is 0 Å². The number of pyridine rings is 1. The van der Waals surface area contributed by atoms with E-state index < -0.39 is 0 Å². The SMILES string of the molecule is Cc1ccnc(-n2c3ccccc3c3ccc(Oc4cccc(-n5nc(N(C)C)c(-c6ccccc6)c5N(C)C)c4)cc32)c1. The highest BCUT2D eigenvalue weighted by molar-refractivity contribution is 6.09. The minimum Gasteiger partial charge on any atom is -0.457 e. The van der Waals surface area contributed by atoms with E-state index in [2.05, 4.69) is 108 Å². The van der Waals surface area contributed by atoms with Gasteiger partial charge in [-0.1, -0.05) is 54.6 Å². The van der Waals surface area contributed by atoms with Crippen molar-refractivity contribution in [2.45, 2.75) is 6.92 Å². The Hall–Kier alpha value is -5.56. The minimum atomic E-state index is 0.728. The van der Waals surface area contributed by atoms with Crippen molar-refractivity contribution < 1.29 is 4.74 Å². The van der Waals surface area contributed by atoms with E-state index in [9.17, 15) is 0 Å². The van der Waals surface area contributed by atoms with Crippen LogP contribution < -0.4 is 14.5 Å². The summed E-state index contributed by atoms with van der Waals surface area (Å²) in [7, 11) is 8.16. The predicted molar refractivity (Wildman–Crippen MR) is 181 cm³/mol. The summed E-state index contributed by atoms with van der Waals surface area (Å²) < 4.78 is 10.7. The molecule has 4 aromatic carbocycles. The number of anilines is 2. The molecule has 0 unspecified atom stereocenters. The van der Waals surface area contributed by atoms with Crippen LogP contribution in [-0.4, -0.2) is 47.5 Å². The molecule has 0 saturated heterocycles. The van der Waals surface area contributed by atoms with Crippen LogP contribution in [0.4, 0.5) is 11.6 Å². The van der Waals surface area contributed by atoms with Crippen molar-refractivity contribution >= 4 is 33.4 Å². The highest BCUT2D eigenvalue weighted by atomic mass is 16.5. The number of hydrogen-bond acceptors (Lipinski definition) is 5. The van der Waals surface area contributed by atoms with E-state index in [1.54, 1.807) is 0 Å². The van der Waals surface area contributed by atoms with Gasteiger partial charge >= 0.3 is 0 Å². The van der Waals surface area contributed by atoms with Crippen LogP contribution in [0, 0.1) is 6.92 Å². The smallest absolute Gasteiger partial charge is 0.160 e. The lowest BCUT2D eigenvalue weighted by molar-refractivity contribution is 0.483. The summed E-state index contributed by atoms with van der Waals surface area (Å²) in [5, 5.41) is 7.41. The maximum absolute atomic E-state index is 6.53. The van der Waals surface area contributed by atoms with E-state index >= 15 is 0 Å². The Kier molecular flexibility index (Phi) is 6.78. The Morgan fingerprint density at radius 2 is 1.41 bits per heavy atom. The Morgan fingerprint density at radius 1 is 0.659 bits per heavy atom. The zero-order valence-corrected chi connectivity index (χ0v) is 25.6.